The van der Waals surface area contributed by atoms with E-state index in [0.29, 0.717) is 63.1 Å². The third-order valence-corrected chi connectivity index (χ3v) is 8.79. The van der Waals surface area contributed by atoms with Gasteiger partial charge in [0.1, 0.15) is 0 Å². The van der Waals surface area contributed by atoms with E-state index >= 15 is 0 Å². The zero-order valence-electron chi connectivity index (χ0n) is 22.5. The molecule has 1 aliphatic heterocycles. The fourth-order valence-electron chi connectivity index (χ4n) is 6.09. The van der Waals surface area contributed by atoms with Crippen LogP contribution in [0.3, 0.4) is 0 Å². The Labute approximate surface area is 224 Å². The zero-order chi connectivity index (χ0) is 28.8. The Kier molecular flexibility index (Phi) is 8.13. The molecule has 2 unspecified atom stereocenters. The number of carbonyl (C=O) groups excluding carboxylic acids is 2. The fraction of sp³-hybridized carbons (Fsp3) is 0.643. The number of piperazine rings is 1. The Bertz CT molecular complexity index is 1090. The number of benzene rings is 1. The molecule has 39 heavy (non-hydrogen) atoms. The van der Waals surface area contributed by atoms with Gasteiger partial charge in [0, 0.05) is 57.8 Å². The van der Waals surface area contributed by atoms with Crippen LogP contribution >= 0.6 is 0 Å². The standard InChI is InChI=1S/C28H35F6N3O2/c1-4-24(38)37(17-18-5-6-20-16-23(18)26(20,2)3)12-9-35-7-10-36(11-8-35)25(39)19-13-21(27(29,30)31)15-22(14-19)28(32,33)34/h5,13-15,20,23H,4,6-12,16-17H2,1-3H3. The monoisotopic (exact) mass is 559 g/mol. The van der Waals surface area contributed by atoms with Crippen LogP contribution < -0.4 is 0 Å². The summed E-state index contributed by atoms with van der Waals surface area (Å²) in [5, 5.41) is 0. The maximum Gasteiger partial charge on any atom is 0.416 e. The van der Waals surface area contributed by atoms with Crippen molar-refractivity contribution in [2.75, 3.05) is 45.8 Å². The predicted molar refractivity (Wildman–Crippen MR) is 134 cm³/mol. The predicted octanol–water partition coefficient (Wildman–Crippen LogP) is 5.71. The summed E-state index contributed by atoms with van der Waals surface area (Å²) >= 11 is 0. The van der Waals surface area contributed by atoms with E-state index in [2.05, 4.69) is 24.8 Å². The number of amides is 2. The number of allylic oxidation sites excluding steroid dienone is 1. The maximum absolute atomic E-state index is 13.2. The molecule has 1 heterocycles. The van der Waals surface area contributed by atoms with Crippen LogP contribution in [0, 0.1) is 17.3 Å². The van der Waals surface area contributed by atoms with Gasteiger partial charge in [-0.3, -0.25) is 14.5 Å². The maximum atomic E-state index is 13.2. The van der Waals surface area contributed by atoms with Gasteiger partial charge in [0.05, 0.1) is 11.1 Å². The highest BCUT2D eigenvalue weighted by Gasteiger charge is 2.51. The SMILES string of the molecule is CCC(=O)N(CCN1CCN(C(=O)c2cc(C(F)(F)F)cc(C(F)(F)F)c2)CC1)CC1=CCC2CC1C2(C)C. The quantitative estimate of drug-likeness (QED) is 0.318. The molecule has 5 rings (SSSR count). The molecule has 0 N–H and O–H groups in total. The Morgan fingerprint density at radius 2 is 1.56 bits per heavy atom. The molecule has 1 saturated carbocycles. The molecular weight excluding hydrogens is 524 g/mol. The van der Waals surface area contributed by atoms with Crippen molar-refractivity contribution in [1.82, 2.24) is 14.7 Å². The lowest BCUT2D eigenvalue weighted by Gasteiger charge is -2.57. The minimum atomic E-state index is -5.01. The number of carbonyl (C=O) groups is 2. The summed E-state index contributed by atoms with van der Waals surface area (Å²) in [4.78, 5) is 30.8. The largest absolute Gasteiger partial charge is 0.416 e. The van der Waals surface area contributed by atoms with Crippen molar-refractivity contribution in [3.8, 4) is 0 Å². The lowest BCUT2D eigenvalue weighted by Crippen LogP contribution is -2.52. The van der Waals surface area contributed by atoms with Gasteiger partial charge in [0.15, 0.2) is 0 Å². The number of hydrogen-bond donors (Lipinski definition) is 0. The number of alkyl halides is 6. The lowest BCUT2D eigenvalue weighted by atomic mass is 9.49. The van der Waals surface area contributed by atoms with E-state index in [0.717, 1.165) is 6.42 Å². The number of rotatable bonds is 7. The van der Waals surface area contributed by atoms with Crippen LogP contribution in [0.4, 0.5) is 26.3 Å². The molecule has 0 aromatic heterocycles. The summed E-state index contributed by atoms with van der Waals surface area (Å²) < 4.78 is 79.2. The number of fused-ring (bicyclic) bond motifs is 1. The highest BCUT2D eigenvalue weighted by molar-refractivity contribution is 5.94. The van der Waals surface area contributed by atoms with Crippen LogP contribution in [-0.4, -0.2) is 72.3 Å². The van der Waals surface area contributed by atoms with Gasteiger partial charge in [-0.05, 0) is 48.3 Å². The first-order chi connectivity index (χ1) is 18.1. The number of halogens is 6. The van der Waals surface area contributed by atoms with E-state index in [1.165, 1.54) is 16.9 Å². The molecule has 2 amide bonds. The van der Waals surface area contributed by atoms with Crippen molar-refractivity contribution in [1.29, 1.82) is 0 Å². The van der Waals surface area contributed by atoms with Crippen molar-refractivity contribution in [2.24, 2.45) is 17.3 Å². The summed E-state index contributed by atoms with van der Waals surface area (Å²) in [5.74, 6) is 0.400. The Hall–Kier alpha value is -2.56. The van der Waals surface area contributed by atoms with E-state index in [1.54, 1.807) is 0 Å². The molecule has 5 nitrogen and oxygen atoms in total. The van der Waals surface area contributed by atoms with Gasteiger partial charge in [0.25, 0.3) is 5.91 Å². The molecule has 2 fully saturated rings. The Morgan fingerprint density at radius 1 is 0.974 bits per heavy atom. The second-order valence-corrected chi connectivity index (χ2v) is 11.4. The van der Waals surface area contributed by atoms with E-state index in [1.807, 2.05) is 11.8 Å². The smallest absolute Gasteiger partial charge is 0.337 e. The lowest BCUT2D eigenvalue weighted by molar-refractivity contribution is -0.143. The third kappa shape index (κ3) is 6.28. The average molecular weight is 560 g/mol. The van der Waals surface area contributed by atoms with Crippen LogP contribution in [0.25, 0.3) is 0 Å². The van der Waals surface area contributed by atoms with Gasteiger partial charge in [-0.25, -0.2) is 0 Å². The van der Waals surface area contributed by atoms with Crippen molar-refractivity contribution < 1.29 is 35.9 Å². The van der Waals surface area contributed by atoms with Crippen LogP contribution in [0.15, 0.2) is 29.8 Å². The zero-order valence-corrected chi connectivity index (χ0v) is 22.5. The molecule has 11 heteroatoms. The first kappa shape index (κ1) is 29.4. The summed E-state index contributed by atoms with van der Waals surface area (Å²) in [5.41, 5.74) is -2.07. The molecule has 4 aliphatic rings. The summed E-state index contributed by atoms with van der Waals surface area (Å²) in [6, 6.07) is 0.971. The third-order valence-electron chi connectivity index (χ3n) is 8.79. The minimum Gasteiger partial charge on any atom is -0.337 e. The van der Waals surface area contributed by atoms with Gasteiger partial charge in [-0.2, -0.15) is 26.3 Å². The van der Waals surface area contributed by atoms with Crippen LogP contribution in [-0.2, 0) is 17.1 Å². The first-order valence-corrected chi connectivity index (χ1v) is 13.4. The minimum absolute atomic E-state index is 0.0196. The van der Waals surface area contributed by atoms with E-state index < -0.39 is 35.0 Å². The van der Waals surface area contributed by atoms with Crippen molar-refractivity contribution >= 4 is 11.8 Å². The van der Waals surface area contributed by atoms with E-state index in [-0.39, 0.29) is 30.5 Å². The van der Waals surface area contributed by atoms with Gasteiger partial charge in [-0.15, -0.1) is 0 Å². The molecule has 0 spiro atoms. The summed E-state index contributed by atoms with van der Waals surface area (Å²) in [7, 11) is 0. The number of nitrogens with zero attached hydrogens (tertiary/aromatic N) is 3. The van der Waals surface area contributed by atoms with Crippen LogP contribution in [0.1, 0.15) is 61.5 Å². The van der Waals surface area contributed by atoms with Crippen molar-refractivity contribution in [3.05, 3.63) is 46.5 Å². The second-order valence-electron chi connectivity index (χ2n) is 11.4. The highest BCUT2D eigenvalue weighted by atomic mass is 19.4. The normalized spacial score (nSPS) is 23.2. The van der Waals surface area contributed by atoms with Gasteiger partial charge < -0.3 is 9.80 Å². The second kappa shape index (κ2) is 10.8. The van der Waals surface area contributed by atoms with Crippen LogP contribution in [0.2, 0.25) is 0 Å². The topological polar surface area (TPSA) is 43.9 Å². The van der Waals surface area contributed by atoms with Gasteiger partial charge in [-0.1, -0.05) is 32.4 Å². The fourth-order valence-corrected chi connectivity index (χ4v) is 6.09. The molecule has 1 aromatic carbocycles. The molecule has 216 valence electrons. The molecule has 1 aromatic rings. The molecule has 0 radical (unpaired) electrons. The van der Waals surface area contributed by atoms with Crippen molar-refractivity contribution in [3.63, 3.8) is 0 Å². The molecule has 2 atom stereocenters. The Balaban J connectivity index is 1.35. The molecule has 3 aliphatic carbocycles. The first-order valence-electron chi connectivity index (χ1n) is 13.4. The van der Waals surface area contributed by atoms with E-state index in [4.69, 9.17) is 0 Å². The molecular formula is C28H35F6N3O2. The van der Waals surface area contributed by atoms with Gasteiger partial charge >= 0.3 is 12.4 Å². The van der Waals surface area contributed by atoms with Gasteiger partial charge in [0.2, 0.25) is 5.91 Å². The number of hydrogen-bond acceptors (Lipinski definition) is 3. The summed E-state index contributed by atoms with van der Waals surface area (Å²) in [6.07, 6.45) is -5.15. The Morgan fingerprint density at radius 3 is 2.05 bits per heavy atom. The average Bonchev–Trinajstić information content (AvgIpc) is 2.89. The molecule has 2 bridgehead atoms. The highest BCUT2D eigenvalue weighted by Crippen LogP contribution is 2.59. The van der Waals surface area contributed by atoms with Crippen molar-refractivity contribution in [2.45, 2.75) is 52.4 Å². The van der Waals surface area contributed by atoms with Crippen LogP contribution in [0.5, 0.6) is 0 Å². The molecule has 1 saturated heterocycles. The van der Waals surface area contributed by atoms with E-state index in [9.17, 15) is 35.9 Å². The summed E-state index contributed by atoms with van der Waals surface area (Å²) in [6.45, 7) is 9.23.